The van der Waals surface area contributed by atoms with Gasteiger partial charge >= 0.3 is 0 Å². The van der Waals surface area contributed by atoms with E-state index in [0.717, 1.165) is 0 Å². The number of hydrogen-bond donors (Lipinski definition) is 0. The van der Waals surface area contributed by atoms with Gasteiger partial charge in [0.2, 0.25) is 0 Å². The van der Waals surface area contributed by atoms with Gasteiger partial charge in [0.15, 0.2) is 0 Å². The molecule has 1 rings (SSSR count). The Labute approximate surface area is 82.3 Å². The molecule has 0 bridgehead atoms. The van der Waals surface area contributed by atoms with Gasteiger partial charge in [-0.25, -0.2) is 4.39 Å². The van der Waals surface area contributed by atoms with Gasteiger partial charge < -0.3 is 0 Å². The third-order valence-corrected chi connectivity index (χ3v) is 1.67. The molecule has 12 heavy (non-hydrogen) atoms. The van der Waals surface area contributed by atoms with Gasteiger partial charge in [-0.05, 0) is 24.6 Å². The summed E-state index contributed by atoms with van der Waals surface area (Å²) < 4.78 is 12.7. The summed E-state index contributed by atoms with van der Waals surface area (Å²) >= 11 is 11.0. The maximum Gasteiger partial charge on any atom is 0.144 e. The monoisotopic (exact) mass is 208 g/mol. The first-order chi connectivity index (χ1) is 5.61. The van der Waals surface area contributed by atoms with Gasteiger partial charge in [-0.1, -0.05) is 37.0 Å². The highest BCUT2D eigenvalue weighted by Crippen LogP contribution is 2.22. The second kappa shape index (κ2) is 5.39. The normalized spacial score (nSPS) is 8.83. The first-order valence-electron chi connectivity index (χ1n) is 3.72. The van der Waals surface area contributed by atoms with Crippen molar-refractivity contribution in [2.45, 2.75) is 20.8 Å². The van der Waals surface area contributed by atoms with Crippen molar-refractivity contribution in [3.63, 3.8) is 0 Å². The number of hydrogen-bond acceptors (Lipinski definition) is 0. The highest BCUT2D eigenvalue weighted by atomic mass is 35.5. The number of rotatable bonds is 0. The van der Waals surface area contributed by atoms with Crippen molar-refractivity contribution < 1.29 is 4.39 Å². The molecule has 3 heteroatoms. The predicted molar refractivity (Wildman–Crippen MR) is 52.5 cm³/mol. The van der Waals surface area contributed by atoms with Gasteiger partial charge in [-0.2, -0.15) is 0 Å². The second-order valence-electron chi connectivity index (χ2n) is 2.02. The van der Waals surface area contributed by atoms with Crippen LogP contribution in [-0.4, -0.2) is 0 Å². The highest BCUT2D eigenvalue weighted by molar-refractivity contribution is 6.34. The van der Waals surface area contributed by atoms with E-state index in [1.807, 2.05) is 13.8 Å². The van der Waals surface area contributed by atoms with Gasteiger partial charge in [0, 0.05) is 5.02 Å². The smallest absolute Gasteiger partial charge is 0.144 e. The van der Waals surface area contributed by atoms with Crippen LogP contribution in [0.2, 0.25) is 10.0 Å². The topological polar surface area (TPSA) is 0 Å². The zero-order chi connectivity index (χ0) is 9.72. The first kappa shape index (κ1) is 11.7. The molecule has 0 atom stereocenters. The van der Waals surface area contributed by atoms with E-state index in [2.05, 4.69) is 0 Å². The maximum atomic E-state index is 12.7. The minimum Gasteiger partial charge on any atom is -0.205 e. The molecule has 0 N–H and O–H groups in total. The summed E-state index contributed by atoms with van der Waals surface area (Å²) in [6, 6.07) is 2.91. The summed E-state index contributed by atoms with van der Waals surface area (Å²) in [6.45, 7) is 5.62. The van der Waals surface area contributed by atoms with Crippen LogP contribution in [0.25, 0.3) is 0 Å². The molecule has 0 amide bonds. The average molecular weight is 209 g/mol. The van der Waals surface area contributed by atoms with Crippen molar-refractivity contribution in [2.24, 2.45) is 0 Å². The summed E-state index contributed by atoms with van der Waals surface area (Å²) in [5.41, 5.74) is 0.470. The van der Waals surface area contributed by atoms with Gasteiger partial charge in [-0.15, -0.1) is 0 Å². The van der Waals surface area contributed by atoms with Crippen LogP contribution in [0.5, 0.6) is 0 Å². The summed E-state index contributed by atoms with van der Waals surface area (Å²) in [4.78, 5) is 0. The van der Waals surface area contributed by atoms with Crippen LogP contribution in [0.4, 0.5) is 4.39 Å². The van der Waals surface area contributed by atoms with Crippen molar-refractivity contribution in [3.8, 4) is 0 Å². The van der Waals surface area contributed by atoms with E-state index in [1.54, 1.807) is 6.92 Å². The van der Waals surface area contributed by atoms with E-state index in [0.29, 0.717) is 10.6 Å². The molecule has 0 saturated carbocycles. The Morgan fingerprint density at radius 2 is 1.67 bits per heavy atom. The zero-order valence-corrected chi connectivity index (χ0v) is 8.80. The second-order valence-corrected chi connectivity index (χ2v) is 2.86. The number of benzene rings is 1. The Hall–Kier alpha value is -0.270. The van der Waals surface area contributed by atoms with Crippen LogP contribution in [0.15, 0.2) is 12.1 Å². The summed E-state index contributed by atoms with van der Waals surface area (Å²) in [7, 11) is 0. The van der Waals surface area contributed by atoms with E-state index in [4.69, 9.17) is 23.2 Å². The molecule has 0 aliphatic rings. The molecule has 0 aliphatic heterocycles. The molecular formula is C9H11Cl2F. The Morgan fingerprint density at radius 1 is 1.17 bits per heavy atom. The third-order valence-electron chi connectivity index (χ3n) is 1.17. The molecule has 68 valence electrons. The molecule has 0 fully saturated rings. The van der Waals surface area contributed by atoms with Crippen molar-refractivity contribution in [3.05, 3.63) is 33.6 Å². The molecule has 0 aliphatic carbocycles. The fraction of sp³-hybridized carbons (Fsp3) is 0.333. The van der Waals surface area contributed by atoms with Gasteiger partial charge in [0.05, 0.1) is 5.02 Å². The molecule has 0 radical (unpaired) electrons. The largest absolute Gasteiger partial charge is 0.205 e. The van der Waals surface area contributed by atoms with Crippen LogP contribution in [0.1, 0.15) is 19.4 Å². The highest BCUT2D eigenvalue weighted by Gasteiger charge is 2.03. The van der Waals surface area contributed by atoms with E-state index in [-0.39, 0.29) is 5.02 Å². The molecule has 0 aromatic heterocycles. The molecule has 1 aromatic rings. The summed E-state index contributed by atoms with van der Waals surface area (Å²) in [6.07, 6.45) is 0. The van der Waals surface area contributed by atoms with Crippen molar-refractivity contribution in [1.29, 1.82) is 0 Å². The molecule has 0 nitrogen and oxygen atoms in total. The van der Waals surface area contributed by atoms with Gasteiger partial charge in [0.25, 0.3) is 0 Å². The van der Waals surface area contributed by atoms with Crippen molar-refractivity contribution >= 4 is 23.2 Å². The lowest BCUT2D eigenvalue weighted by atomic mass is 10.2. The van der Waals surface area contributed by atoms with Gasteiger partial charge in [0.1, 0.15) is 5.82 Å². The lowest BCUT2D eigenvalue weighted by Crippen LogP contribution is -1.82. The average Bonchev–Trinajstić information content (AvgIpc) is 2.04. The van der Waals surface area contributed by atoms with Crippen LogP contribution in [-0.2, 0) is 0 Å². The van der Waals surface area contributed by atoms with Crippen molar-refractivity contribution in [2.75, 3.05) is 0 Å². The Kier molecular flexibility index (Phi) is 5.27. The SMILES string of the molecule is CC.Cc1cc(Cl)cc(Cl)c1F. The van der Waals surface area contributed by atoms with Crippen molar-refractivity contribution in [1.82, 2.24) is 0 Å². The fourth-order valence-corrected chi connectivity index (χ4v) is 1.28. The minimum absolute atomic E-state index is 0.0741. The molecule has 0 saturated heterocycles. The Balaban J connectivity index is 0.000000561. The van der Waals surface area contributed by atoms with E-state index in [1.165, 1.54) is 12.1 Å². The first-order valence-corrected chi connectivity index (χ1v) is 4.48. The van der Waals surface area contributed by atoms with Crippen LogP contribution < -0.4 is 0 Å². The van der Waals surface area contributed by atoms with Gasteiger partial charge in [-0.3, -0.25) is 0 Å². The van der Waals surface area contributed by atoms with Crippen LogP contribution in [0.3, 0.4) is 0 Å². The number of aryl methyl sites for hydroxylation is 1. The van der Waals surface area contributed by atoms with E-state index >= 15 is 0 Å². The fourth-order valence-electron chi connectivity index (χ4n) is 0.685. The summed E-state index contributed by atoms with van der Waals surface area (Å²) in [5.74, 6) is -0.397. The number of halogens is 3. The molecule has 0 unspecified atom stereocenters. The minimum atomic E-state index is -0.397. The quantitative estimate of drug-likeness (QED) is 0.553. The Bertz CT molecular complexity index is 236. The molecular weight excluding hydrogens is 198 g/mol. The van der Waals surface area contributed by atoms with E-state index < -0.39 is 5.82 Å². The lowest BCUT2D eigenvalue weighted by Gasteiger charge is -1.98. The molecule has 1 aromatic carbocycles. The van der Waals surface area contributed by atoms with Crippen LogP contribution >= 0.6 is 23.2 Å². The lowest BCUT2D eigenvalue weighted by molar-refractivity contribution is 0.619. The standard InChI is InChI=1S/C7H5Cl2F.C2H6/c1-4-2-5(8)3-6(9)7(4)10;1-2/h2-3H,1H3;1-2H3. The summed E-state index contributed by atoms with van der Waals surface area (Å²) in [5, 5.41) is 0.536. The van der Waals surface area contributed by atoms with Crippen LogP contribution in [0, 0.1) is 12.7 Å². The molecule has 0 heterocycles. The Morgan fingerprint density at radius 3 is 2.08 bits per heavy atom. The zero-order valence-electron chi connectivity index (χ0n) is 7.29. The maximum absolute atomic E-state index is 12.7. The third kappa shape index (κ3) is 3.00. The predicted octanol–water partition coefficient (Wildman–Crippen LogP) is 4.47. The molecule has 0 spiro atoms. The van der Waals surface area contributed by atoms with E-state index in [9.17, 15) is 4.39 Å².